The Labute approximate surface area is 189 Å². The molecule has 0 unspecified atom stereocenters. The highest BCUT2D eigenvalue weighted by Crippen LogP contribution is 2.34. The summed E-state index contributed by atoms with van der Waals surface area (Å²) in [6.07, 6.45) is 2.81. The van der Waals surface area contributed by atoms with Crippen molar-refractivity contribution in [3.8, 4) is 22.4 Å². The van der Waals surface area contributed by atoms with Gasteiger partial charge >= 0.3 is 0 Å². The number of aromatic nitrogens is 2. The normalized spacial score (nSPS) is 10.7. The van der Waals surface area contributed by atoms with Crippen LogP contribution in [0.2, 0.25) is 0 Å². The number of nitrogens with zero attached hydrogens (tertiary/aromatic N) is 2. The van der Waals surface area contributed by atoms with Crippen LogP contribution in [0.5, 0.6) is 0 Å². The molecule has 0 radical (unpaired) electrons. The maximum atomic E-state index is 9.00. The number of hydrogen-bond donors (Lipinski definition) is 2. The summed E-state index contributed by atoms with van der Waals surface area (Å²) in [5, 5.41) is 8.55. The fourth-order valence-electron chi connectivity index (χ4n) is 3.56. The lowest BCUT2D eigenvalue weighted by Gasteiger charge is -2.14. The first-order valence-electron chi connectivity index (χ1n) is 10.7. The zero-order valence-electron chi connectivity index (χ0n) is 18.7. The molecule has 0 saturated heterocycles. The third-order valence-electron chi connectivity index (χ3n) is 4.98. The van der Waals surface area contributed by atoms with Gasteiger partial charge in [-0.25, -0.2) is 4.98 Å². The van der Waals surface area contributed by atoms with Gasteiger partial charge in [-0.15, -0.1) is 0 Å². The fourth-order valence-corrected chi connectivity index (χ4v) is 3.56. The molecule has 0 aliphatic heterocycles. The molecule has 0 aliphatic carbocycles. The third kappa shape index (κ3) is 5.77. The van der Waals surface area contributed by atoms with Crippen LogP contribution in [-0.4, -0.2) is 21.0 Å². The van der Waals surface area contributed by atoms with E-state index in [2.05, 4.69) is 73.4 Å². The summed E-state index contributed by atoms with van der Waals surface area (Å²) < 4.78 is 0. The van der Waals surface area contributed by atoms with Crippen molar-refractivity contribution in [3.05, 3.63) is 84.2 Å². The predicted octanol–water partition coefficient (Wildman–Crippen LogP) is 5.71. The van der Waals surface area contributed by atoms with E-state index >= 15 is 0 Å². The summed E-state index contributed by atoms with van der Waals surface area (Å²) in [6.45, 7) is 6.07. The molecule has 0 atom stereocenters. The average Bonchev–Trinajstić information content (AvgIpc) is 2.78. The number of benzene rings is 2. The maximum absolute atomic E-state index is 9.00. The molecule has 4 aromatic rings. The Morgan fingerprint density at radius 3 is 2.25 bits per heavy atom. The first-order valence-corrected chi connectivity index (χ1v) is 10.7. The van der Waals surface area contributed by atoms with Gasteiger partial charge in [-0.3, -0.25) is 9.78 Å². The smallest absolute Gasteiger partial charge is 0.300 e. The van der Waals surface area contributed by atoms with E-state index in [1.165, 1.54) is 0 Å². The molecule has 32 heavy (non-hydrogen) atoms. The first kappa shape index (κ1) is 23.1. The second kappa shape index (κ2) is 10.6. The van der Waals surface area contributed by atoms with Crippen molar-refractivity contribution < 1.29 is 9.90 Å². The van der Waals surface area contributed by atoms with Crippen molar-refractivity contribution in [2.45, 2.75) is 33.7 Å². The molecule has 3 N–H and O–H groups in total. The van der Waals surface area contributed by atoms with Crippen molar-refractivity contribution in [3.63, 3.8) is 0 Å². The van der Waals surface area contributed by atoms with Crippen molar-refractivity contribution in [2.75, 3.05) is 0 Å². The van der Waals surface area contributed by atoms with Crippen molar-refractivity contribution in [2.24, 2.45) is 11.7 Å². The van der Waals surface area contributed by atoms with E-state index in [1.54, 1.807) is 0 Å². The van der Waals surface area contributed by atoms with Crippen LogP contribution >= 0.6 is 0 Å². The first-order chi connectivity index (χ1) is 15.4. The Hall–Kier alpha value is -3.57. The number of fused-ring (bicyclic) bond motifs is 1. The van der Waals surface area contributed by atoms with E-state index in [-0.39, 0.29) is 0 Å². The van der Waals surface area contributed by atoms with Gasteiger partial charge < -0.3 is 10.8 Å². The second-order valence-electron chi connectivity index (χ2n) is 8.09. The molecule has 164 valence electrons. The van der Waals surface area contributed by atoms with Crippen molar-refractivity contribution in [1.29, 1.82) is 0 Å². The summed E-state index contributed by atoms with van der Waals surface area (Å²) in [5.41, 5.74) is 13.4. The summed E-state index contributed by atoms with van der Waals surface area (Å²) in [7, 11) is 0. The van der Waals surface area contributed by atoms with E-state index < -0.39 is 5.97 Å². The summed E-state index contributed by atoms with van der Waals surface area (Å²) in [4.78, 5) is 18.7. The second-order valence-corrected chi connectivity index (χ2v) is 8.09. The summed E-state index contributed by atoms with van der Waals surface area (Å²) in [6, 6.07) is 23.1. The molecule has 4 rings (SSSR count). The monoisotopic (exact) mass is 427 g/mol. The number of hydrogen-bond acceptors (Lipinski definition) is 4. The maximum Gasteiger partial charge on any atom is 0.300 e. The van der Waals surface area contributed by atoms with Crippen LogP contribution in [0.15, 0.2) is 72.9 Å². The number of carbonyl (C=O) groups is 1. The van der Waals surface area contributed by atoms with Crippen LogP contribution in [0.4, 0.5) is 0 Å². The van der Waals surface area contributed by atoms with E-state index in [1.807, 2.05) is 18.3 Å². The fraction of sp³-hybridized carbons (Fsp3) is 0.222. The average molecular weight is 428 g/mol. The van der Waals surface area contributed by atoms with Gasteiger partial charge in [0, 0.05) is 41.9 Å². The number of carboxylic acids is 1. The quantitative estimate of drug-likeness (QED) is 0.426. The Kier molecular flexibility index (Phi) is 7.68. The molecule has 0 amide bonds. The lowest BCUT2D eigenvalue weighted by molar-refractivity contribution is -0.134. The topological polar surface area (TPSA) is 89.1 Å². The van der Waals surface area contributed by atoms with Crippen LogP contribution in [0.1, 0.15) is 32.0 Å². The molecular formula is C27H29N3O2. The van der Waals surface area contributed by atoms with Crippen molar-refractivity contribution in [1.82, 2.24) is 9.97 Å². The van der Waals surface area contributed by atoms with E-state index in [4.69, 9.17) is 20.6 Å². The number of rotatable bonds is 5. The predicted molar refractivity (Wildman–Crippen MR) is 130 cm³/mol. The molecule has 2 aromatic heterocycles. The molecule has 0 fully saturated rings. The Morgan fingerprint density at radius 2 is 1.66 bits per heavy atom. The molecule has 5 nitrogen and oxygen atoms in total. The Morgan fingerprint density at radius 1 is 1.00 bits per heavy atom. The van der Waals surface area contributed by atoms with E-state index in [0.717, 1.165) is 57.9 Å². The Balaban J connectivity index is 0.000000668. The van der Waals surface area contributed by atoms with Crippen LogP contribution in [0.3, 0.4) is 0 Å². The van der Waals surface area contributed by atoms with Crippen molar-refractivity contribution >= 4 is 16.9 Å². The van der Waals surface area contributed by atoms with Gasteiger partial charge in [-0.1, -0.05) is 68.4 Å². The van der Waals surface area contributed by atoms with Crippen LogP contribution in [0, 0.1) is 5.92 Å². The van der Waals surface area contributed by atoms with Crippen LogP contribution < -0.4 is 5.73 Å². The summed E-state index contributed by atoms with van der Waals surface area (Å²) in [5.74, 6) is -0.290. The highest BCUT2D eigenvalue weighted by atomic mass is 16.4. The van der Waals surface area contributed by atoms with Gasteiger partial charge in [0.1, 0.15) is 0 Å². The van der Waals surface area contributed by atoms with Gasteiger partial charge in [-0.05, 0) is 35.6 Å². The molecule has 2 aromatic carbocycles. The Bertz CT molecular complexity index is 1180. The molecule has 0 aliphatic rings. The molecule has 5 heteroatoms. The largest absolute Gasteiger partial charge is 0.481 e. The van der Waals surface area contributed by atoms with Crippen LogP contribution in [-0.2, 0) is 17.8 Å². The minimum Gasteiger partial charge on any atom is -0.481 e. The van der Waals surface area contributed by atoms with E-state index in [9.17, 15) is 0 Å². The molecule has 0 spiro atoms. The zero-order valence-corrected chi connectivity index (χ0v) is 18.7. The van der Waals surface area contributed by atoms with Gasteiger partial charge in [-0.2, -0.15) is 0 Å². The number of carboxylic acid groups (broad SMARTS) is 1. The standard InChI is InChI=1S/C25H25N3.C2H4O2/c1-17(2)14-24-22-15-21(19-6-4-3-5-7-19)25(28-23(22)12-13-27-24)20-10-8-18(16-26)9-11-20;1-2(3)4/h3-13,15,17H,14,16,26H2,1-2H3;1H3,(H,3,4). The highest BCUT2D eigenvalue weighted by Gasteiger charge is 2.14. The summed E-state index contributed by atoms with van der Waals surface area (Å²) >= 11 is 0. The zero-order chi connectivity index (χ0) is 23.1. The minimum absolute atomic E-state index is 0.543. The molecular weight excluding hydrogens is 398 g/mol. The SMILES string of the molecule is CC(=O)O.CC(C)Cc1nccc2nc(-c3ccc(CN)cc3)c(-c3ccccc3)cc12. The van der Waals surface area contributed by atoms with Gasteiger partial charge in [0.25, 0.3) is 5.97 Å². The lowest BCUT2D eigenvalue weighted by atomic mass is 9.95. The highest BCUT2D eigenvalue weighted by molar-refractivity contribution is 5.92. The van der Waals surface area contributed by atoms with Gasteiger partial charge in [0.2, 0.25) is 0 Å². The molecule has 2 heterocycles. The number of pyridine rings is 2. The van der Waals surface area contributed by atoms with E-state index in [0.29, 0.717) is 12.5 Å². The molecule has 0 saturated carbocycles. The number of nitrogens with two attached hydrogens (primary N) is 1. The number of aliphatic carboxylic acids is 1. The van der Waals surface area contributed by atoms with Gasteiger partial charge in [0.15, 0.2) is 0 Å². The third-order valence-corrected chi connectivity index (χ3v) is 4.98. The lowest BCUT2D eigenvalue weighted by Crippen LogP contribution is -2.00. The van der Waals surface area contributed by atoms with Gasteiger partial charge in [0.05, 0.1) is 11.2 Å². The molecule has 0 bridgehead atoms. The minimum atomic E-state index is -0.833. The van der Waals surface area contributed by atoms with Crippen LogP contribution in [0.25, 0.3) is 33.3 Å².